The zero-order valence-corrected chi connectivity index (χ0v) is 16.1. The molecule has 152 valence electrons. The first-order chi connectivity index (χ1) is 14.4. The number of aromatic nitrogens is 1. The number of fused-ring (bicyclic) bond motifs is 2. The molecule has 0 spiro atoms. The van der Waals surface area contributed by atoms with Gasteiger partial charge in [0.1, 0.15) is 17.6 Å². The van der Waals surface area contributed by atoms with Crippen molar-refractivity contribution in [3.05, 3.63) is 83.3 Å². The third-order valence-electron chi connectivity index (χ3n) is 5.24. The largest absolute Gasteiger partial charge is 0.477 e. The fourth-order valence-electron chi connectivity index (χ4n) is 3.90. The maximum atomic E-state index is 13.9. The molecule has 3 aromatic carbocycles. The van der Waals surface area contributed by atoms with Crippen molar-refractivity contribution >= 4 is 33.6 Å². The lowest BCUT2D eigenvalue weighted by atomic mass is 10.0. The Balaban J connectivity index is 1.98. The average Bonchev–Trinajstić information content (AvgIpc) is 3.07. The molecule has 0 fully saturated rings. The second-order valence-corrected chi connectivity index (χ2v) is 6.95. The molecule has 7 heteroatoms. The van der Waals surface area contributed by atoms with Crippen LogP contribution in [-0.4, -0.2) is 28.7 Å². The van der Waals surface area contributed by atoms with Crippen molar-refractivity contribution in [3.63, 3.8) is 0 Å². The summed E-state index contributed by atoms with van der Waals surface area (Å²) >= 11 is 0. The monoisotopic (exact) mass is 406 g/mol. The molecule has 0 aliphatic rings. The van der Waals surface area contributed by atoms with Gasteiger partial charge in [0.05, 0.1) is 7.11 Å². The van der Waals surface area contributed by atoms with Crippen molar-refractivity contribution < 1.29 is 23.8 Å². The molecule has 1 aromatic heterocycles. The smallest absolute Gasteiger partial charge is 0.352 e. The van der Waals surface area contributed by atoms with Gasteiger partial charge >= 0.3 is 11.9 Å². The van der Waals surface area contributed by atoms with Crippen LogP contribution in [0.15, 0.2) is 60.7 Å². The second kappa shape index (κ2) is 7.61. The third-order valence-corrected chi connectivity index (χ3v) is 5.24. The zero-order chi connectivity index (χ0) is 21.4. The Labute approximate surface area is 171 Å². The molecular weight excluding hydrogens is 387 g/mol. The third kappa shape index (κ3) is 3.19. The van der Waals surface area contributed by atoms with Crippen molar-refractivity contribution in [1.29, 1.82) is 0 Å². The van der Waals surface area contributed by atoms with Gasteiger partial charge in [-0.05, 0) is 34.5 Å². The molecule has 0 saturated carbocycles. The highest BCUT2D eigenvalue weighted by atomic mass is 19.1. The molecule has 1 heterocycles. The van der Waals surface area contributed by atoms with Crippen molar-refractivity contribution in [3.8, 4) is 0 Å². The molecule has 3 N–H and O–H groups in total. The van der Waals surface area contributed by atoms with Gasteiger partial charge in [0, 0.05) is 23.0 Å². The Kier molecular flexibility index (Phi) is 4.97. The molecule has 0 radical (unpaired) electrons. The summed E-state index contributed by atoms with van der Waals surface area (Å²) in [7, 11) is 1.20. The van der Waals surface area contributed by atoms with Crippen LogP contribution in [0.4, 0.5) is 4.39 Å². The summed E-state index contributed by atoms with van der Waals surface area (Å²) in [4.78, 5) is 24.4. The number of carbonyl (C=O) groups excluding carboxylic acids is 1. The predicted octanol–water partition coefficient (Wildman–Crippen LogP) is 3.85. The van der Waals surface area contributed by atoms with Crippen LogP contribution >= 0.6 is 0 Å². The van der Waals surface area contributed by atoms with E-state index in [9.17, 15) is 19.1 Å². The van der Waals surface area contributed by atoms with Crippen molar-refractivity contribution in [2.45, 2.75) is 12.6 Å². The lowest BCUT2D eigenvalue weighted by Crippen LogP contribution is -2.25. The molecule has 0 amide bonds. The molecule has 6 nitrogen and oxygen atoms in total. The molecule has 0 aliphatic carbocycles. The van der Waals surface area contributed by atoms with Crippen molar-refractivity contribution in [1.82, 2.24) is 4.57 Å². The second-order valence-electron chi connectivity index (χ2n) is 6.95. The number of para-hydroxylation sites is 1. The number of rotatable bonds is 5. The highest BCUT2D eigenvalue weighted by Gasteiger charge is 2.30. The van der Waals surface area contributed by atoms with Crippen LogP contribution in [0, 0.1) is 5.82 Å². The van der Waals surface area contributed by atoms with Gasteiger partial charge in [-0.3, -0.25) is 4.79 Å². The van der Waals surface area contributed by atoms with Gasteiger partial charge in [-0.2, -0.15) is 0 Å². The van der Waals surface area contributed by atoms with Crippen LogP contribution in [-0.2, 0) is 16.1 Å². The minimum atomic E-state index is -1.25. The highest BCUT2D eigenvalue weighted by Crippen LogP contribution is 2.32. The molecule has 4 rings (SSSR count). The first-order valence-electron chi connectivity index (χ1n) is 9.27. The van der Waals surface area contributed by atoms with Crippen molar-refractivity contribution in [2.75, 3.05) is 7.11 Å². The number of esters is 1. The van der Waals surface area contributed by atoms with E-state index in [1.165, 1.54) is 19.2 Å². The molecule has 1 unspecified atom stereocenters. The van der Waals surface area contributed by atoms with E-state index in [0.29, 0.717) is 16.3 Å². The summed E-state index contributed by atoms with van der Waals surface area (Å²) < 4.78 is 20.2. The fraction of sp³-hybridized carbons (Fsp3) is 0.130. The van der Waals surface area contributed by atoms with E-state index in [2.05, 4.69) is 0 Å². The fourth-order valence-corrected chi connectivity index (χ4v) is 3.90. The van der Waals surface area contributed by atoms with E-state index < -0.39 is 18.0 Å². The predicted molar refractivity (Wildman–Crippen MR) is 111 cm³/mol. The number of ether oxygens (including phenoxy) is 1. The van der Waals surface area contributed by atoms with E-state index in [1.807, 2.05) is 18.2 Å². The number of methoxy groups -OCH3 is 1. The maximum absolute atomic E-state index is 13.9. The van der Waals surface area contributed by atoms with Gasteiger partial charge < -0.3 is 20.1 Å². The summed E-state index contributed by atoms with van der Waals surface area (Å²) in [6, 6.07) is 15.8. The van der Waals surface area contributed by atoms with E-state index in [4.69, 9.17) is 10.5 Å². The Hall–Kier alpha value is -3.71. The van der Waals surface area contributed by atoms with Gasteiger partial charge in [0.15, 0.2) is 0 Å². The zero-order valence-electron chi connectivity index (χ0n) is 16.1. The quantitative estimate of drug-likeness (QED) is 0.491. The Morgan fingerprint density at radius 2 is 1.87 bits per heavy atom. The van der Waals surface area contributed by atoms with Crippen LogP contribution in [0.1, 0.15) is 27.7 Å². The number of nitrogens with zero attached hydrogens (tertiary/aromatic N) is 1. The van der Waals surface area contributed by atoms with Crippen molar-refractivity contribution in [2.24, 2.45) is 5.73 Å². The van der Waals surface area contributed by atoms with Crippen LogP contribution in [0.2, 0.25) is 0 Å². The summed E-state index contributed by atoms with van der Waals surface area (Å²) in [5.41, 5.74) is 7.52. The number of hydrogen-bond acceptors (Lipinski definition) is 4. The minimum absolute atomic E-state index is 0.0949. The number of carboxylic acids is 1. The molecule has 4 aromatic rings. The standard InChI is InChI=1S/C23H19FN2O4/c1-30-23(29)20(25)19-16-7-2-3-8-18(16)26(21(19)22(27)28)12-14-6-4-5-13-9-10-15(24)11-17(13)14/h2-11,20H,12,25H2,1H3,(H,27,28). The summed E-state index contributed by atoms with van der Waals surface area (Å²) in [5, 5.41) is 12.1. The maximum Gasteiger partial charge on any atom is 0.352 e. The van der Waals surface area contributed by atoms with Crippen LogP contribution in [0.3, 0.4) is 0 Å². The van der Waals surface area contributed by atoms with E-state index in [0.717, 1.165) is 10.9 Å². The molecule has 0 aliphatic heterocycles. The van der Waals surface area contributed by atoms with E-state index >= 15 is 0 Å². The molecule has 30 heavy (non-hydrogen) atoms. The number of halogens is 1. The first-order valence-corrected chi connectivity index (χ1v) is 9.27. The van der Waals surface area contributed by atoms with Gasteiger partial charge in [-0.1, -0.05) is 42.5 Å². The van der Waals surface area contributed by atoms with Gasteiger partial charge in [-0.25, -0.2) is 9.18 Å². The molecular formula is C23H19FN2O4. The van der Waals surface area contributed by atoms with E-state index in [1.54, 1.807) is 34.9 Å². The van der Waals surface area contributed by atoms with Crippen LogP contribution in [0.25, 0.3) is 21.7 Å². The van der Waals surface area contributed by atoms with Crippen LogP contribution in [0.5, 0.6) is 0 Å². The van der Waals surface area contributed by atoms with Gasteiger partial charge in [-0.15, -0.1) is 0 Å². The summed E-state index contributed by atoms with van der Waals surface area (Å²) in [6.07, 6.45) is 0. The molecule has 0 bridgehead atoms. The summed E-state index contributed by atoms with van der Waals surface area (Å²) in [5.74, 6) is -2.32. The lowest BCUT2D eigenvalue weighted by molar-refractivity contribution is -0.142. The van der Waals surface area contributed by atoms with Gasteiger partial charge in [0.2, 0.25) is 0 Å². The Morgan fingerprint density at radius 3 is 2.60 bits per heavy atom. The molecule has 1 atom stereocenters. The first kappa shape index (κ1) is 19.6. The number of hydrogen-bond donors (Lipinski definition) is 2. The Morgan fingerprint density at radius 1 is 1.10 bits per heavy atom. The highest BCUT2D eigenvalue weighted by molar-refractivity contribution is 6.01. The lowest BCUT2D eigenvalue weighted by Gasteiger charge is -2.13. The SMILES string of the molecule is COC(=O)C(N)c1c(C(=O)O)n(Cc2cccc3ccc(F)cc23)c2ccccc12. The normalized spacial score (nSPS) is 12.2. The number of carboxylic acid groups (broad SMARTS) is 1. The summed E-state index contributed by atoms with van der Waals surface area (Å²) in [6.45, 7) is 0.164. The van der Waals surface area contributed by atoms with E-state index in [-0.39, 0.29) is 23.6 Å². The number of nitrogens with two attached hydrogens (primary N) is 1. The van der Waals surface area contributed by atoms with Gasteiger partial charge in [0.25, 0.3) is 0 Å². The minimum Gasteiger partial charge on any atom is -0.477 e. The van der Waals surface area contributed by atoms with Crippen LogP contribution < -0.4 is 5.73 Å². The number of benzene rings is 3. The number of carbonyl (C=O) groups is 2. The molecule has 0 saturated heterocycles. The topological polar surface area (TPSA) is 94.6 Å². The Bertz CT molecular complexity index is 1300. The number of aromatic carboxylic acids is 1. The average molecular weight is 406 g/mol.